The number of anilines is 2. The molecule has 5 N–H and O–H groups in total. The average Bonchev–Trinajstić information content (AvgIpc) is 3.23. The van der Waals surface area contributed by atoms with Gasteiger partial charge < -0.3 is 30.8 Å². The molecule has 3 aliphatic rings. The SMILES string of the molecule is COc1cc(S(=O)(=O)N2CCOCC2)ccc1NC1=NC(N)(C2CCC2)c2cc[nH]c2N1. The van der Waals surface area contributed by atoms with Crippen LogP contribution in [0.3, 0.4) is 0 Å². The van der Waals surface area contributed by atoms with Crippen LogP contribution in [0.25, 0.3) is 0 Å². The lowest BCUT2D eigenvalue weighted by Crippen LogP contribution is -2.50. The maximum atomic E-state index is 13.0. The molecule has 1 atom stereocenters. The van der Waals surface area contributed by atoms with E-state index in [4.69, 9.17) is 20.2 Å². The van der Waals surface area contributed by atoms with Crippen molar-refractivity contribution >= 4 is 27.5 Å². The van der Waals surface area contributed by atoms with Gasteiger partial charge in [-0.2, -0.15) is 4.31 Å². The van der Waals surface area contributed by atoms with E-state index in [1.807, 2.05) is 12.3 Å². The molecule has 172 valence electrons. The normalized spacial score (nSPS) is 24.1. The molecular weight excluding hydrogens is 432 g/mol. The van der Waals surface area contributed by atoms with Crippen molar-refractivity contribution in [2.24, 2.45) is 16.6 Å². The molecule has 0 amide bonds. The maximum absolute atomic E-state index is 13.0. The van der Waals surface area contributed by atoms with Gasteiger partial charge in [-0.05, 0) is 31.0 Å². The summed E-state index contributed by atoms with van der Waals surface area (Å²) in [5, 5.41) is 6.47. The number of guanidine groups is 1. The molecule has 32 heavy (non-hydrogen) atoms. The molecule has 1 saturated carbocycles. The zero-order valence-corrected chi connectivity index (χ0v) is 18.7. The standard InChI is InChI=1S/C21H28N6O4S/c1-30-18-13-15(32(28,29)27-9-11-31-12-10-27)5-6-17(18)24-20-25-19-16(7-8-23-19)21(22,26-20)14-3-2-4-14/h5-8,13-14,23H,2-4,9-12,22H2,1H3,(H2,24,25,26). The fourth-order valence-corrected chi connectivity index (χ4v) is 5.84. The molecule has 0 radical (unpaired) electrons. The maximum Gasteiger partial charge on any atom is 0.243 e. The number of ether oxygens (including phenoxy) is 2. The van der Waals surface area contributed by atoms with Crippen LogP contribution in [0.1, 0.15) is 24.8 Å². The Labute approximate surface area is 187 Å². The predicted molar refractivity (Wildman–Crippen MR) is 121 cm³/mol. The largest absolute Gasteiger partial charge is 0.495 e. The van der Waals surface area contributed by atoms with Crippen LogP contribution in [0.2, 0.25) is 0 Å². The van der Waals surface area contributed by atoms with Gasteiger partial charge in [0.1, 0.15) is 17.2 Å². The fourth-order valence-electron chi connectivity index (χ4n) is 4.42. The molecule has 1 saturated heterocycles. The molecule has 2 fully saturated rings. The van der Waals surface area contributed by atoms with Gasteiger partial charge in [-0.15, -0.1) is 0 Å². The van der Waals surface area contributed by atoms with Gasteiger partial charge in [-0.1, -0.05) is 6.42 Å². The van der Waals surface area contributed by atoms with Crippen molar-refractivity contribution in [3.05, 3.63) is 36.0 Å². The number of fused-ring (bicyclic) bond motifs is 1. The Balaban J connectivity index is 1.43. The van der Waals surface area contributed by atoms with E-state index in [0.717, 1.165) is 30.6 Å². The summed E-state index contributed by atoms with van der Waals surface area (Å²) in [4.78, 5) is 8.18. The lowest BCUT2D eigenvalue weighted by atomic mass is 9.73. The summed E-state index contributed by atoms with van der Waals surface area (Å²) < 4.78 is 38.2. The number of rotatable bonds is 5. The number of aromatic nitrogens is 1. The van der Waals surface area contributed by atoms with E-state index >= 15 is 0 Å². The molecule has 2 aromatic rings. The molecule has 1 unspecified atom stereocenters. The number of aromatic amines is 1. The second kappa shape index (κ2) is 8.07. The summed E-state index contributed by atoms with van der Waals surface area (Å²) in [7, 11) is -2.12. The van der Waals surface area contributed by atoms with E-state index < -0.39 is 15.7 Å². The Morgan fingerprint density at radius 2 is 2.06 bits per heavy atom. The average molecular weight is 461 g/mol. The first-order valence-corrected chi connectivity index (χ1v) is 12.2. The van der Waals surface area contributed by atoms with Gasteiger partial charge >= 0.3 is 0 Å². The summed E-state index contributed by atoms with van der Waals surface area (Å²) in [6.07, 6.45) is 5.08. The second-order valence-corrected chi connectivity index (χ2v) is 10.2. The molecule has 11 heteroatoms. The Morgan fingerprint density at radius 3 is 2.75 bits per heavy atom. The zero-order chi connectivity index (χ0) is 22.3. The van der Waals surface area contributed by atoms with Gasteiger partial charge in [0.05, 0.1) is 30.9 Å². The Bertz CT molecular complexity index is 1140. The Hall–Kier alpha value is -2.60. The number of nitrogens with one attached hydrogen (secondary N) is 3. The number of aliphatic imine (C=N–C) groups is 1. The summed E-state index contributed by atoms with van der Waals surface area (Å²) in [5.41, 5.74) is 7.51. The first kappa shape index (κ1) is 21.3. The summed E-state index contributed by atoms with van der Waals surface area (Å²) in [5.74, 6) is 1.96. The first-order valence-electron chi connectivity index (χ1n) is 10.8. The number of benzene rings is 1. The number of morpholine rings is 1. The second-order valence-electron chi connectivity index (χ2n) is 8.31. The van der Waals surface area contributed by atoms with Crippen LogP contribution in [-0.2, 0) is 20.4 Å². The van der Waals surface area contributed by atoms with Gasteiger partial charge in [-0.25, -0.2) is 13.4 Å². The monoisotopic (exact) mass is 460 g/mol. The van der Waals surface area contributed by atoms with Gasteiger partial charge in [0, 0.05) is 36.8 Å². The minimum absolute atomic E-state index is 0.176. The smallest absolute Gasteiger partial charge is 0.243 e. The first-order chi connectivity index (χ1) is 15.4. The van der Waals surface area contributed by atoms with Gasteiger partial charge in [-0.3, -0.25) is 0 Å². The van der Waals surface area contributed by atoms with Gasteiger partial charge in [0.2, 0.25) is 16.0 Å². The van der Waals surface area contributed by atoms with Gasteiger partial charge in [0.25, 0.3) is 0 Å². The van der Waals surface area contributed by atoms with Crippen LogP contribution in [0.15, 0.2) is 40.4 Å². The Kier molecular flexibility index (Phi) is 5.36. The number of sulfonamides is 1. The van der Waals surface area contributed by atoms with E-state index in [0.29, 0.717) is 43.7 Å². The van der Waals surface area contributed by atoms with Crippen molar-refractivity contribution in [1.82, 2.24) is 9.29 Å². The van der Waals surface area contributed by atoms with E-state index in [1.165, 1.54) is 17.5 Å². The van der Waals surface area contributed by atoms with Crippen molar-refractivity contribution in [1.29, 1.82) is 0 Å². The van der Waals surface area contributed by atoms with Gasteiger partial charge in [0.15, 0.2) is 0 Å². The molecule has 3 heterocycles. The highest BCUT2D eigenvalue weighted by molar-refractivity contribution is 7.89. The van der Waals surface area contributed by atoms with Crippen molar-refractivity contribution < 1.29 is 17.9 Å². The van der Waals surface area contributed by atoms with E-state index in [2.05, 4.69) is 15.6 Å². The highest BCUT2D eigenvalue weighted by Gasteiger charge is 2.44. The van der Waals surface area contributed by atoms with Crippen LogP contribution < -0.4 is 21.1 Å². The summed E-state index contributed by atoms with van der Waals surface area (Å²) >= 11 is 0. The number of nitrogens with two attached hydrogens (primary N) is 1. The molecule has 5 rings (SSSR count). The predicted octanol–water partition coefficient (Wildman–Crippen LogP) is 1.85. The number of H-pyrrole nitrogens is 1. The van der Waals surface area contributed by atoms with E-state index in [-0.39, 0.29) is 10.8 Å². The fraction of sp³-hybridized carbons (Fsp3) is 0.476. The van der Waals surface area contributed by atoms with Crippen LogP contribution in [0, 0.1) is 5.92 Å². The third-order valence-corrected chi connectivity index (χ3v) is 8.37. The number of nitrogens with zero attached hydrogens (tertiary/aromatic N) is 2. The van der Waals surface area contributed by atoms with Crippen LogP contribution >= 0.6 is 0 Å². The lowest BCUT2D eigenvalue weighted by molar-refractivity contribution is 0.0730. The van der Waals surface area contributed by atoms with Crippen LogP contribution in [0.5, 0.6) is 5.75 Å². The van der Waals surface area contributed by atoms with Crippen molar-refractivity contribution in [3.63, 3.8) is 0 Å². The van der Waals surface area contributed by atoms with Crippen molar-refractivity contribution in [3.8, 4) is 5.75 Å². The topological polar surface area (TPSA) is 134 Å². The quantitative estimate of drug-likeness (QED) is 0.535. The summed E-state index contributed by atoms with van der Waals surface area (Å²) in [6, 6.07) is 6.74. The Morgan fingerprint density at radius 1 is 1.28 bits per heavy atom. The van der Waals surface area contributed by atoms with Crippen LogP contribution in [-0.4, -0.2) is 57.1 Å². The molecular formula is C21H28N6O4S. The minimum Gasteiger partial charge on any atom is -0.495 e. The number of hydrogen-bond donors (Lipinski definition) is 4. The molecule has 1 aromatic heterocycles. The lowest BCUT2D eigenvalue weighted by Gasteiger charge is -2.42. The third kappa shape index (κ3) is 3.54. The number of hydrogen-bond acceptors (Lipinski definition) is 8. The molecule has 0 bridgehead atoms. The zero-order valence-electron chi connectivity index (χ0n) is 17.9. The number of methoxy groups -OCH3 is 1. The summed E-state index contributed by atoms with van der Waals surface area (Å²) in [6.45, 7) is 1.46. The van der Waals surface area contributed by atoms with E-state index in [1.54, 1.807) is 12.1 Å². The molecule has 1 aliphatic carbocycles. The van der Waals surface area contributed by atoms with Crippen molar-refractivity contribution in [2.45, 2.75) is 29.8 Å². The highest BCUT2D eigenvalue weighted by Crippen LogP contribution is 2.45. The minimum atomic E-state index is -3.63. The third-order valence-electron chi connectivity index (χ3n) is 6.48. The molecule has 0 spiro atoms. The molecule has 2 aliphatic heterocycles. The highest BCUT2D eigenvalue weighted by atomic mass is 32.2. The van der Waals surface area contributed by atoms with Crippen LogP contribution in [0.4, 0.5) is 11.5 Å². The van der Waals surface area contributed by atoms with E-state index in [9.17, 15) is 8.42 Å². The molecule has 10 nitrogen and oxygen atoms in total. The molecule has 1 aromatic carbocycles. The van der Waals surface area contributed by atoms with Crippen molar-refractivity contribution in [2.75, 3.05) is 44.0 Å².